The summed E-state index contributed by atoms with van der Waals surface area (Å²) in [5, 5.41) is 0.251. The van der Waals surface area contributed by atoms with Crippen molar-refractivity contribution in [1.82, 2.24) is 0 Å². The number of ether oxygens (including phenoxy) is 1. The molecular weight excluding hydrogens is 347 g/mol. The van der Waals surface area contributed by atoms with Gasteiger partial charge in [0.15, 0.2) is 11.6 Å². The lowest BCUT2D eigenvalue weighted by Crippen LogP contribution is -2.25. The quantitative estimate of drug-likeness (QED) is 0.498. The smallest absolute Gasteiger partial charge is 0.183 e. The summed E-state index contributed by atoms with van der Waals surface area (Å²) >= 11 is 6.23. The molecule has 0 unspecified atom stereocenters. The summed E-state index contributed by atoms with van der Waals surface area (Å²) in [5.74, 6) is 3.54. The van der Waals surface area contributed by atoms with Crippen molar-refractivity contribution in [1.29, 1.82) is 0 Å². The Morgan fingerprint density at radius 2 is 1.62 bits per heavy atom. The highest BCUT2D eigenvalue weighted by atomic mass is 35.5. The van der Waals surface area contributed by atoms with Gasteiger partial charge in [0, 0.05) is 0 Å². The molecule has 0 N–H and O–H groups in total. The molecule has 0 amide bonds. The Labute approximate surface area is 163 Å². The molecule has 0 bridgehead atoms. The summed E-state index contributed by atoms with van der Waals surface area (Å²) in [5.41, 5.74) is 0.927. The van der Waals surface area contributed by atoms with E-state index in [0.29, 0.717) is 6.61 Å². The van der Waals surface area contributed by atoms with Crippen molar-refractivity contribution in [2.45, 2.75) is 78.1 Å². The second-order valence-electron chi connectivity index (χ2n) is 8.62. The molecule has 0 saturated heterocycles. The number of halogens is 2. The van der Waals surface area contributed by atoms with Crippen LogP contribution in [-0.2, 0) is 6.42 Å². The van der Waals surface area contributed by atoms with Crippen LogP contribution in [0.15, 0.2) is 12.1 Å². The zero-order chi connectivity index (χ0) is 18.5. The molecule has 0 spiro atoms. The molecule has 1 aromatic rings. The average Bonchev–Trinajstić information content (AvgIpc) is 2.66. The Balaban J connectivity index is 1.46. The number of hydrogen-bond acceptors (Lipinski definition) is 1. The predicted octanol–water partition coefficient (Wildman–Crippen LogP) is 7.44. The van der Waals surface area contributed by atoms with Gasteiger partial charge in [-0.25, -0.2) is 4.39 Å². The highest BCUT2D eigenvalue weighted by Gasteiger charge is 2.29. The molecule has 3 rings (SSSR count). The molecule has 0 aromatic heterocycles. The van der Waals surface area contributed by atoms with Gasteiger partial charge in [-0.15, -0.1) is 0 Å². The van der Waals surface area contributed by atoms with E-state index >= 15 is 0 Å². The molecular formula is C23H34ClFO. The molecule has 2 aliphatic carbocycles. The number of aryl methyl sites for hydroxylation is 1. The van der Waals surface area contributed by atoms with Crippen LogP contribution in [0.2, 0.25) is 5.02 Å². The van der Waals surface area contributed by atoms with Gasteiger partial charge in [0.25, 0.3) is 0 Å². The first-order valence-electron chi connectivity index (χ1n) is 10.7. The number of hydrogen-bond donors (Lipinski definition) is 0. The van der Waals surface area contributed by atoms with Crippen LogP contribution in [0.1, 0.15) is 77.2 Å². The van der Waals surface area contributed by atoms with Gasteiger partial charge in [-0.1, -0.05) is 50.3 Å². The molecule has 2 fully saturated rings. The third-order valence-electron chi connectivity index (χ3n) is 6.87. The predicted molar refractivity (Wildman–Crippen MR) is 107 cm³/mol. The first-order valence-corrected chi connectivity index (χ1v) is 11.1. The van der Waals surface area contributed by atoms with Crippen molar-refractivity contribution < 1.29 is 9.13 Å². The van der Waals surface area contributed by atoms with E-state index in [4.69, 9.17) is 16.3 Å². The fraction of sp³-hybridized carbons (Fsp3) is 0.739. The standard InChI is InChI=1S/C23H34ClFO/c1-3-26-21-15-14-20(22(24)23(21)25)13-8-17-6-11-19(12-7-17)18-9-4-16(2)5-10-18/h14-19H,3-13H2,1-2H3. The second kappa shape index (κ2) is 9.44. The molecule has 0 heterocycles. The lowest BCUT2D eigenvalue weighted by Gasteiger charge is -2.37. The van der Waals surface area contributed by atoms with Gasteiger partial charge in [0.05, 0.1) is 11.6 Å². The fourth-order valence-corrected chi connectivity index (χ4v) is 5.35. The van der Waals surface area contributed by atoms with Crippen LogP contribution >= 0.6 is 11.6 Å². The van der Waals surface area contributed by atoms with Gasteiger partial charge in [0.1, 0.15) is 0 Å². The maximum atomic E-state index is 14.2. The molecule has 26 heavy (non-hydrogen) atoms. The zero-order valence-electron chi connectivity index (χ0n) is 16.4. The first-order chi connectivity index (χ1) is 12.6. The van der Waals surface area contributed by atoms with Crippen LogP contribution < -0.4 is 4.74 Å². The molecule has 2 aliphatic rings. The largest absolute Gasteiger partial charge is 0.491 e. The maximum absolute atomic E-state index is 14.2. The second-order valence-corrected chi connectivity index (χ2v) is 9.00. The van der Waals surface area contributed by atoms with Crippen molar-refractivity contribution in [3.63, 3.8) is 0 Å². The van der Waals surface area contributed by atoms with Crippen LogP contribution in [-0.4, -0.2) is 6.61 Å². The van der Waals surface area contributed by atoms with E-state index in [2.05, 4.69) is 6.92 Å². The van der Waals surface area contributed by atoms with Crippen molar-refractivity contribution in [3.05, 3.63) is 28.5 Å². The fourth-order valence-electron chi connectivity index (χ4n) is 5.10. The maximum Gasteiger partial charge on any atom is 0.183 e. The van der Waals surface area contributed by atoms with Gasteiger partial charge < -0.3 is 4.74 Å². The van der Waals surface area contributed by atoms with E-state index in [1.165, 1.54) is 51.4 Å². The van der Waals surface area contributed by atoms with Gasteiger partial charge in [-0.2, -0.15) is 0 Å². The third kappa shape index (κ3) is 4.94. The van der Waals surface area contributed by atoms with Crippen molar-refractivity contribution in [3.8, 4) is 5.75 Å². The minimum atomic E-state index is -0.402. The Kier molecular flexibility index (Phi) is 7.26. The highest BCUT2D eigenvalue weighted by molar-refractivity contribution is 6.31. The van der Waals surface area contributed by atoms with E-state index in [0.717, 1.165) is 42.1 Å². The molecule has 146 valence electrons. The third-order valence-corrected chi connectivity index (χ3v) is 7.28. The van der Waals surface area contributed by atoms with Gasteiger partial charge in [0.2, 0.25) is 0 Å². The summed E-state index contributed by atoms with van der Waals surface area (Å²) in [6.07, 6.45) is 13.3. The Morgan fingerprint density at radius 1 is 1.00 bits per heavy atom. The van der Waals surface area contributed by atoms with E-state index in [1.54, 1.807) is 6.07 Å². The van der Waals surface area contributed by atoms with Crippen LogP contribution in [0.25, 0.3) is 0 Å². The van der Waals surface area contributed by atoms with Crippen molar-refractivity contribution in [2.24, 2.45) is 23.7 Å². The molecule has 1 nitrogen and oxygen atoms in total. The van der Waals surface area contributed by atoms with E-state index < -0.39 is 5.82 Å². The number of rotatable bonds is 6. The molecule has 0 radical (unpaired) electrons. The van der Waals surface area contributed by atoms with E-state index in [9.17, 15) is 4.39 Å². The molecule has 2 saturated carbocycles. The minimum Gasteiger partial charge on any atom is -0.491 e. The Bertz CT molecular complexity index is 572. The first kappa shape index (κ1) is 20.0. The summed E-state index contributed by atoms with van der Waals surface area (Å²) in [7, 11) is 0. The van der Waals surface area contributed by atoms with E-state index in [-0.39, 0.29) is 10.8 Å². The highest BCUT2D eigenvalue weighted by Crippen LogP contribution is 2.42. The monoisotopic (exact) mass is 380 g/mol. The summed E-state index contributed by atoms with van der Waals surface area (Å²) in [6.45, 7) is 4.71. The lowest BCUT2D eigenvalue weighted by molar-refractivity contribution is 0.148. The summed E-state index contributed by atoms with van der Waals surface area (Å²) in [4.78, 5) is 0. The summed E-state index contributed by atoms with van der Waals surface area (Å²) < 4.78 is 19.5. The minimum absolute atomic E-state index is 0.251. The van der Waals surface area contributed by atoms with Gasteiger partial charge >= 0.3 is 0 Å². The number of benzene rings is 1. The van der Waals surface area contributed by atoms with Crippen LogP contribution in [0.5, 0.6) is 5.75 Å². The lowest BCUT2D eigenvalue weighted by atomic mass is 9.69. The molecule has 3 heteroatoms. The van der Waals surface area contributed by atoms with Gasteiger partial charge in [-0.3, -0.25) is 0 Å². The SMILES string of the molecule is CCOc1ccc(CCC2CCC(C3CCC(C)CC3)CC2)c(Cl)c1F. The van der Waals surface area contributed by atoms with Crippen molar-refractivity contribution >= 4 is 11.6 Å². The molecule has 1 aromatic carbocycles. The van der Waals surface area contributed by atoms with Crippen molar-refractivity contribution in [2.75, 3.05) is 6.61 Å². The Hall–Kier alpha value is -0.760. The summed E-state index contributed by atoms with van der Waals surface area (Å²) in [6, 6.07) is 3.66. The van der Waals surface area contributed by atoms with Crippen LogP contribution in [0.3, 0.4) is 0 Å². The van der Waals surface area contributed by atoms with Gasteiger partial charge in [-0.05, 0) is 80.8 Å². The zero-order valence-corrected chi connectivity index (χ0v) is 17.2. The van der Waals surface area contributed by atoms with E-state index in [1.807, 2.05) is 13.0 Å². The topological polar surface area (TPSA) is 9.23 Å². The Morgan fingerprint density at radius 3 is 2.23 bits per heavy atom. The van der Waals surface area contributed by atoms with Crippen LogP contribution in [0, 0.1) is 29.5 Å². The molecule has 0 atom stereocenters. The molecule has 0 aliphatic heterocycles. The normalized spacial score (nSPS) is 29.5. The van der Waals surface area contributed by atoms with Crippen LogP contribution in [0.4, 0.5) is 4.39 Å². The average molecular weight is 381 g/mol.